The summed E-state index contributed by atoms with van der Waals surface area (Å²) >= 11 is 5.98. The molecule has 2 rings (SSSR count). The molecule has 3 heteroatoms. The quantitative estimate of drug-likeness (QED) is 0.836. The fourth-order valence-electron chi connectivity index (χ4n) is 2.12. The molecule has 0 unspecified atom stereocenters. The van der Waals surface area contributed by atoms with E-state index in [0.29, 0.717) is 5.02 Å². The lowest BCUT2D eigenvalue weighted by molar-refractivity contribution is 0.0697. The zero-order chi connectivity index (χ0) is 14.5. The summed E-state index contributed by atoms with van der Waals surface area (Å²) in [6.07, 6.45) is 3.43. The minimum absolute atomic E-state index is 0.211. The number of rotatable bonds is 5. The van der Waals surface area contributed by atoms with Gasteiger partial charge in [-0.15, -0.1) is 0 Å². The second kappa shape index (κ2) is 6.58. The van der Waals surface area contributed by atoms with Crippen LogP contribution in [0.25, 0.3) is 11.1 Å². The van der Waals surface area contributed by atoms with Gasteiger partial charge in [0, 0.05) is 5.02 Å². The van der Waals surface area contributed by atoms with Gasteiger partial charge in [0.05, 0.1) is 5.56 Å². The average Bonchev–Trinajstić information content (AvgIpc) is 2.45. The molecule has 2 aromatic carbocycles. The van der Waals surface area contributed by atoms with E-state index in [-0.39, 0.29) is 5.56 Å². The Labute approximate surface area is 124 Å². The van der Waals surface area contributed by atoms with Crippen LogP contribution in [0.15, 0.2) is 42.5 Å². The molecule has 0 saturated carbocycles. The second-order valence-electron chi connectivity index (χ2n) is 4.83. The first-order chi connectivity index (χ1) is 9.60. The van der Waals surface area contributed by atoms with Crippen LogP contribution >= 0.6 is 11.6 Å². The summed E-state index contributed by atoms with van der Waals surface area (Å²) in [5.41, 5.74) is 3.32. The van der Waals surface area contributed by atoms with Crippen molar-refractivity contribution in [1.29, 1.82) is 0 Å². The lowest BCUT2D eigenvalue weighted by atomic mass is 10.00. The van der Waals surface area contributed by atoms with Crippen molar-refractivity contribution in [3.8, 4) is 11.1 Å². The molecule has 0 bridgehead atoms. The fourth-order valence-corrected chi connectivity index (χ4v) is 2.36. The summed E-state index contributed by atoms with van der Waals surface area (Å²) < 4.78 is 0. The van der Waals surface area contributed by atoms with Crippen molar-refractivity contribution in [3.05, 3.63) is 58.6 Å². The van der Waals surface area contributed by atoms with Crippen LogP contribution in [0.4, 0.5) is 0 Å². The predicted molar refractivity (Wildman–Crippen MR) is 82.5 cm³/mol. The van der Waals surface area contributed by atoms with E-state index in [0.717, 1.165) is 17.5 Å². The Bertz CT molecular complexity index is 603. The number of benzene rings is 2. The molecule has 0 aliphatic carbocycles. The minimum Gasteiger partial charge on any atom is -0.478 e. The molecule has 0 fully saturated rings. The SMILES string of the molecule is CCCCc1ccc(-c2cc(Cl)cc(C(=O)O)c2)cc1. The molecule has 1 N–H and O–H groups in total. The van der Waals surface area contributed by atoms with Gasteiger partial charge in [0.1, 0.15) is 0 Å². The van der Waals surface area contributed by atoms with Gasteiger partial charge in [0.25, 0.3) is 0 Å². The number of halogens is 1. The van der Waals surface area contributed by atoms with Gasteiger partial charge in [-0.2, -0.15) is 0 Å². The van der Waals surface area contributed by atoms with Crippen LogP contribution in [0, 0.1) is 0 Å². The minimum atomic E-state index is -0.965. The maximum absolute atomic E-state index is 11.1. The summed E-state index contributed by atoms with van der Waals surface area (Å²) in [5.74, 6) is -0.965. The van der Waals surface area contributed by atoms with Gasteiger partial charge >= 0.3 is 5.97 Å². The summed E-state index contributed by atoms with van der Waals surface area (Å²) in [7, 11) is 0. The van der Waals surface area contributed by atoms with Crippen LogP contribution in [0.5, 0.6) is 0 Å². The molecule has 2 aromatic rings. The van der Waals surface area contributed by atoms with E-state index in [9.17, 15) is 4.79 Å². The van der Waals surface area contributed by atoms with Gasteiger partial charge in [-0.3, -0.25) is 0 Å². The van der Waals surface area contributed by atoms with E-state index in [1.54, 1.807) is 12.1 Å². The molecule has 20 heavy (non-hydrogen) atoms. The number of hydrogen-bond acceptors (Lipinski definition) is 1. The van der Waals surface area contributed by atoms with Crippen molar-refractivity contribution in [2.75, 3.05) is 0 Å². The molecule has 0 spiro atoms. The topological polar surface area (TPSA) is 37.3 Å². The molecular formula is C17H17ClO2. The second-order valence-corrected chi connectivity index (χ2v) is 5.27. The smallest absolute Gasteiger partial charge is 0.335 e. The fraction of sp³-hybridized carbons (Fsp3) is 0.235. The summed E-state index contributed by atoms with van der Waals surface area (Å²) in [6.45, 7) is 2.17. The molecule has 0 heterocycles. The van der Waals surface area contributed by atoms with Crippen LogP contribution in [-0.2, 0) is 6.42 Å². The van der Waals surface area contributed by atoms with Crippen LogP contribution in [0.2, 0.25) is 5.02 Å². The van der Waals surface area contributed by atoms with Gasteiger partial charge < -0.3 is 5.11 Å². The average molecular weight is 289 g/mol. The highest BCUT2D eigenvalue weighted by atomic mass is 35.5. The predicted octanol–water partition coefficient (Wildman–Crippen LogP) is 5.05. The van der Waals surface area contributed by atoms with E-state index in [1.807, 2.05) is 12.1 Å². The van der Waals surface area contributed by atoms with Gasteiger partial charge in [-0.1, -0.05) is 49.2 Å². The molecule has 0 atom stereocenters. The Hall–Kier alpha value is -1.80. The first kappa shape index (κ1) is 14.6. The maximum atomic E-state index is 11.1. The number of unbranched alkanes of at least 4 members (excludes halogenated alkanes) is 1. The lowest BCUT2D eigenvalue weighted by Crippen LogP contribution is -1.96. The van der Waals surface area contributed by atoms with E-state index in [1.165, 1.54) is 24.5 Å². The molecule has 0 aliphatic heterocycles. The number of carboxylic acid groups (broad SMARTS) is 1. The molecule has 2 nitrogen and oxygen atoms in total. The van der Waals surface area contributed by atoms with Crippen molar-refractivity contribution in [1.82, 2.24) is 0 Å². The monoisotopic (exact) mass is 288 g/mol. The van der Waals surface area contributed by atoms with Crippen molar-refractivity contribution < 1.29 is 9.90 Å². The van der Waals surface area contributed by atoms with Crippen LogP contribution in [-0.4, -0.2) is 11.1 Å². The lowest BCUT2D eigenvalue weighted by Gasteiger charge is -2.06. The normalized spacial score (nSPS) is 10.5. The third-order valence-corrected chi connectivity index (χ3v) is 3.47. The van der Waals surface area contributed by atoms with Crippen LogP contribution in [0.3, 0.4) is 0 Å². The van der Waals surface area contributed by atoms with Crippen molar-refractivity contribution in [2.24, 2.45) is 0 Å². The first-order valence-corrected chi connectivity index (χ1v) is 7.11. The van der Waals surface area contributed by atoms with Gasteiger partial charge in [0.15, 0.2) is 0 Å². The Balaban J connectivity index is 2.29. The van der Waals surface area contributed by atoms with Crippen molar-refractivity contribution in [3.63, 3.8) is 0 Å². The number of carbonyl (C=O) groups is 1. The molecule has 0 amide bonds. The van der Waals surface area contributed by atoms with E-state index in [4.69, 9.17) is 16.7 Å². The summed E-state index contributed by atoms with van der Waals surface area (Å²) in [6, 6.07) is 13.1. The van der Waals surface area contributed by atoms with E-state index < -0.39 is 5.97 Å². The van der Waals surface area contributed by atoms with Gasteiger partial charge in [0.2, 0.25) is 0 Å². The van der Waals surface area contributed by atoms with E-state index in [2.05, 4.69) is 19.1 Å². The van der Waals surface area contributed by atoms with Crippen molar-refractivity contribution in [2.45, 2.75) is 26.2 Å². The Morgan fingerprint density at radius 1 is 1.10 bits per heavy atom. The number of hydrogen-bond donors (Lipinski definition) is 1. The Morgan fingerprint density at radius 3 is 2.40 bits per heavy atom. The molecule has 0 radical (unpaired) electrons. The largest absolute Gasteiger partial charge is 0.478 e. The molecule has 0 aromatic heterocycles. The highest BCUT2D eigenvalue weighted by molar-refractivity contribution is 6.31. The molecular weight excluding hydrogens is 272 g/mol. The highest BCUT2D eigenvalue weighted by Crippen LogP contribution is 2.25. The molecule has 104 valence electrons. The van der Waals surface area contributed by atoms with Gasteiger partial charge in [-0.05, 0) is 47.7 Å². The zero-order valence-corrected chi connectivity index (χ0v) is 12.2. The van der Waals surface area contributed by atoms with E-state index >= 15 is 0 Å². The third kappa shape index (κ3) is 3.61. The number of aromatic carboxylic acids is 1. The molecule has 0 aliphatic rings. The van der Waals surface area contributed by atoms with Crippen molar-refractivity contribution >= 4 is 17.6 Å². The van der Waals surface area contributed by atoms with Crippen LogP contribution in [0.1, 0.15) is 35.7 Å². The maximum Gasteiger partial charge on any atom is 0.335 e. The summed E-state index contributed by atoms with van der Waals surface area (Å²) in [4.78, 5) is 11.1. The third-order valence-electron chi connectivity index (χ3n) is 3.25. The summed E-state index contributed by atoms with van der Waals surface area (Å²) in [5, 5.41) is 9.50. The van der Waals surface area contributed by atoms with Gasteiger partial charge in [-0.25, -0.2) is 4.79 Å². The zero-order valence-electron chi connectivity index (χ0n) is 11.4. The Morgan fingerprint density at radius 2 is 1.80 bits per heavy atom. The standard InChI is InChI=1S/C17H17ClO2/c1-2-3-4-12-5-7-13(8-6-12)14-9-15(17(19)20)11-16(18)10-14/h5-11H,2-4H2,1H3,(H,19,20). The molecule has 0 saturated heterocycles. The number of carboxylic acids is 1. The number of aryl methyl sites for hydroxylation is 1. The highest BCUT2D eigenvalue weighted by Gasteiger charge is 2.07. The Kier molecular flexibility index (Phi) is 4.80. The first-order valence-electron chi connectivity index (χ1n) is 6.73. The van der Waals surface area contributed by atoms with Crippen LogP contribution < -0.4 is 0 Å².